The van der Waals surface area contributed by atoms with Crippen molar-refractivity contribution in [2.45, 2.75) is 13.0 Å². The summed E-state index contributed by atoms with van der Waals surface area (Å²) in [6.07, 6.45) is 1.97. The van der Waals surface area contributed by atoms with E-state index < -0.39 is 0 Å². The van der Waals surface area contributed by atoms with E-state index >= 15 is 0 Å². The van der Waals surface area contributed by atoms with E-state index in [1.165, 1.54) is 5.39 Å². The number of benzene rings is 1. The average Bonchev–Trinajstić information content (AvgIpc) is 2.49. The minimum absolute atomic E-state index is 0.0625. The molecule has 1 unspecified atom stereocenters. The predicted molar refractivity (Wildman–Crippen MR) is 58.6 cm³/mol. The molecule has 3 N–H and O–H groups in total. The van der Waals surface area contributed by atoms with Crippen LogP contribution in [0.15, 0.2) is 28.9 Å². The van der Waals surface area contributed by atoms with Crippen molar-refractivity contribution >= 4 is 26.8 Å². The molecule has 0 fully saturated rings. The topological polar surface area (TPSA) is 41.8 Å². The van der Waals surface area contributed by atoms with Crippen LogP contribution in [-0.2, 0) is 0 Å². The Bertz CT molecular complexity index is 431. The van der Waals surface area contributed by atoms with Gasteiger partial charge < -0.3 is 10.7 Å². The first-order valence-electron chi connectivity index (χ1n) is 4.21. The number of fused-ring (bicyclic) bond motifs is 1. The normalized spacial score (nSPS) is 13.5. The number of nitrogens with one attached hydrogen (secondary N) is 1. The molecule has 0 aliphatic rings. The number of aromatic nitrogens is 1. The van der Waals surface area contributed by atoms with Crippen LogP contribution in [0.2, 0.25) is 0 Å². The lowest BCUT2D eigenvalue weighted by Gasteiger charge is -2.03. The monoisotopic (exact) mass is 238 g/mol. The summed E-state index contributed by atoms with van der Waals surface area (Å²) in [5, 5.41) is 1.19. The first-order valence-corrected chi connectivity index (χ1v) is 5.00. The molecule has 3 heteroatoms. The van der Waals surface area contributed by atoms with Crippen LogP contribution in [0.25, 0.3) is 10.9 Å². The molecule has 2 rings (SSSR count). The standard InChI is InChI=1S/C10H11BrN2/c1-6(12)7-5-13-9-4-2-3-8(11)10(7)9/h2-6,13H,12H2,1H3. The molecule has 0 bridgehead atoms. The van der Waals surface area contributed by atoms with Gasteiger partial charge in [-0.3, -0.25) is 0 Å². The van der Waals surface area contributed by atoms with Crippen molar-refractivity contribution in [1.29, 1.82) is 0 Å². The Labute approximate surface area is 85.3 Å². The van der Waals surface area contributed by atoms with Crippen LogP contribution < -0.4 is 5.73 Å². The highest BCUT2D eigenvalue weighted by molar-refractivity contribution is 9.10. The number of rotatable bonds is 1. The summed E-state index contributed by atoms with van der Waals surface area (Å²) in [6.45, 7) is 1.99. The van der Waals surface area contributed by atoms with Crippen molar-refractivity contribution in [3.63, 3.8) is 0 Å². The van der Waals surface area contributed by atoms with E-state index in [0.29, 0.717) is 0 Å². The molecule has 0 amide bonds. The molecule has 0 saturated carbocycles. The lowest BCUT2D eigenvalue weighted by Crippen LogP contribution is -2.03. The van der Waals surface area contributed by atoms with Crippen molar-refractivity contribution in [2.24, 2.45) is 5.73 Å². The third-order valence-corrected chi connectivity index (χ3v) is 2.84. The van der Waals surface area contributed by atoms with Gasteiger partial charge in [0, 0.05) is 27.6 Å². The van der Waals surface area contributed by atoms with Gasteiger partial charge in [-0.1, -0.05) is 22.0 Å². The van der Waals surface area contributed by atoms with Gasteiger partial charge >= 0.3 is 0 Å². The third kappa shape index (κ3) is 1.38. The largest absolute Gasteiger partial charge is 0.361 e. The molecule has 1 aromatic heterocycles. The Kier molecular flexibility index (Phi) is 2.14. The van der Waals surface area contributed by atoms with Gasteiger partial charge in [0.1, 0.15) is 0 Å². The molecular weight excluding hydrogens is 228 g/mol. The van der Waals surface area contributed by atoms with Crippen molar-refractivity contribution in [2.75, 3.05) is 0 Å². The Hall–Kier alpha value is -0.800. The molecule has 1 aromatic carbocycles. The van der Waals surface area contributed by atoms with Crippen LogP contribution >= 0.6 is 15.9 Å². The summed E-state index contributed by atoms with van der Waals surface area (Å²) in [5.41, 5.74) is 8.13. The smallest absolute Gasteiger partial charge is 0.0468 e. The fourth-order valence-electron chi connectivity index (χ4n) is 1.52. The van der Waals surface area contributed by atoms with Crippen LogP contribution in [0.3, 0.4) is 0 Å². The number of aromatic amines is 1. The van der Waals surface area contributed by atoms with E-state index in [1.54, 1.807) is 0 Å². The van der Waals surface area contributed by atoms with Crippen LogP contribution in [0.4, 0.5) is 0 Å². The lowest BCUT2D eigenvalue weighted by molar-refractivity contribution is 0.826. The molecule has 1 heterocycles. The number of halogens is 1. The first kappa shape index (κ1) is 8.78. The van der Waals surface area contributed by atoms with Gasteiger partial charge in [0.25, 0.3) is 0 Å². The summed E-state index contributed by atoms with van der Waals surface area (Å²) < 4.78 is 1.10. The highest BCUT2D eigenvalue weighted by Crippen LogP contribution is 2.29. The molecule has 2 nitrogen and oxygen atoms in total. The number of H-pyrrole nitrogens is 1. The zero-order valence-electron chi connectivity index (χ0n) is 7.34. The first-order chi connectivity index (χ1) is 6.20. The maximum Gasteiger partial charge on any atom is 0.0468 e. The van der Waals surface area contributed by atoms with E-state index in [9.17, 15) is 0 Å². The molecule has 0 saturated heterocycles. The van der Waals surface area contributed by atoms with Gasteiger partial charge in [-0.15, -0.1) is 0 Å². The van der Waals surface area contributed by atoms with Crippen molar-refractivity contribution < 1.29 is 0 Å². The van der Waals surface area contributed by atoms with Crippen molar-refractivity contribution in [3.05, 3.63) is 34.4 Å². The van der Waals surface area contributed by atoms with Crippen molar-refractivity contribution in [3.8, 4) is 0 Å². The molecule has 1 atom stereocenters. The predicted octanol–water partition coefficient (Wildman–Crippen LogP) is 2.95. The fraction of sp³-hybridized carbons (Fsp3) is 0.200. The van der Waals surface area contributed by atoms with Gasteiger partial charge in [-0.25, -0.2) is 0 Å². The highest BCUT2D eigenvalue weighted by Gasteiger charge is 2.09. The van der Waals surface area contributed by atoms with E-state index in [0.717, 1.165) is 15.6 Å². The Morgan fingerprint density at radius 1 is 1.46 bits per heavy atom. The van der Waals surface area contributed by atoms with E-state index in [4.69, 9.17) is 5.73 Å². The zero-order chi connectivity index (χ0) is 9.42. The summed E-state index contributed by atoms with van der Waals surface area (Å²) in [6, 6.07) is 6.15. The minimum atomic E-state index is 0.0625. The Balaban J connectivity index is 2.79. The van der Waals surface area contributed by atoms with E-state index in [1.807, 2.05) is 31.3 Å². The van der Waals surface area contributed by atoms with Gasteiger partial charge in [-0.2, -0.15) is 0 Å². The van der Waals surface area contributed by atoms with Crippen LogP contribution in [0.5, 0.6) is 0 Å². The molecule has 13 heavy (non-hydrogen) atoms. The molecule has 0 aliphatic heterocycles. The molecule has 2 aromatic rings. The zero-order valence-corrected chi connectivity index (χ0v) is 8.93. The summed E-state index contributed by atoms with van der Waals surface area (Å²) >= 11 is 3.52. The van der Waals surface area contributed by atoms with Gasteiger partial charge in [0.05, 0.1) is 0 Å². The number of hydrogen-bond donors (Lipinski definition) is 2. The minimum Gasteiger partial charge on any atom is -0.361 e. The highest BCUT2D eigenvalue weighted by atomic mass is 79.9. The SMILES string of the molecule is CC(N)c1c[nH]c2cccc(Br)c12. The molecule has 0 radical (unpaired) electrons. The van der Waals surface area contributed by atoms with Crippen LogP contribution in [0.1, 0.15) is 18.5 Å². The van der Waals surface area contributed by atoms with Gasteiger partial charge in [0.15, 0.2) is 0 Å². The van der Waals surface area contributed by atoms with Crippen molar-refractivity contribution in [1.82, 2.24) is 4.98 Å². The molecular formula is C10H11BrN2. The second-order valence-corrected chi connectivity index (χ2v) is 4.05. The fourth-order valence-corrected chi connectivity index (χ4v) is 2.12. The molecule has 0 spiro atoms. The third-order valence-electron chi connectivity index (χ3n) is 2.18. The van der Waals surface area contributed by atoms with Gasteiger partial charge in [-0.05, 0) is 24.6 Å². The quantitative estimate of drug-likeness (QED) is 0.789. The van der Waals surface area contributed by atoms with Gasteiger partial charge in [0.2, 0.25) is 0 Å². The Morgan fingerprint density at radius 2 is 2.23 bits per heavy atom. The molecule has 68 valence electrons. The summed E-state index contributed by atoms with van der Waals surface area (Å²) in [7, 11) is 0. The Morgan fingerprint density at radius 3 is 2.92 bits per heavy atom. The summed E-state index contributed by atoms with van der Waals surface area (Å²) in [4.78, 5) is 3.20. The maximum absolute atomic E-state index is 5.85. The average molecular weight is 239 g/mol. The second-order valence-electron chi connectivity index (χ2n) is 3.20. The second kappa shape index (κ2) is 3.16. The lowest BCUT2D eigenvalue weighted by atomic mass is 10.1. The molecule has 0 aliphatic carbocycles. The number of hydrogen-bond acceptors (Lipinski definition) is 1. The maximum atomic E-state index is 5.85. The van der Waals surface area contributed by atoms with E-state index in [2.05, 4.69) is 20.9 Å². The summed E-state index contributed by atoms with van der Waals surface area (Å²) in [5.74, 6) is 0. The van der Waals surface area contributed by atoms with E-state index in [-0.39, 0.29) is 6.04 Å². The number of nitrogens with two attached hydrogens (primary N) is 1. The van der Waals surface area contributed by atoms with Crippen LogP contribution in [0, 0.1) is 0 Å². The van der Waals surface area contributed by atoms with Crippen LogP contribution in [-0.4, -0.2) is 4.98 Å².